The van der Waals surface area contributed by atoms with E-state index in [1.54, 1.807) is 0 Å². The van der Waals surface area contributed by atoms with Gasteiger partial charge >= 0.3 is 5.43 Å². The minimum absolute atomic E-state index is 0.139. The second-order valence-corrected chi connectivity index (χ2v) is 3.55. The van der Waals surface area contributed by atoms with Crippen molar-refractivity contribution in [2.24, 2.45) is 0 Å². The molecule has 0 rings (SSSR count). The van der Waals surface area contributed by atoms with Gasteiger partial charge in [-0.25, -0.2) is 4.79 Å². The van der Waals surface area contributed by atoms with Gasteiger partial charge in [-0.05, 0) is 0 Å². The highest BCUT2D eigenvalue weighted by atomic mass is 79.9. The maximum Gasteiger partial charge on any atom is 0.403 e. The molecule has 0 aliphatic rings. The van der Waals surface area contributed by atoms with Crippen LogP contribution in [0.3, 0.4) is 0 Å². The van der Waals surface area contributed by atoms with E-state index < -0.39 is 5.43 Å². The van der Waals surface area contributed by atoms with Gasteiger partial charge in [0.25, 0.3) is 0 Å². The minimum atomic E-state index is -0.764. The van der Waals surface area contributed by atoms with Gasteiger partial charge in [0.1, 0.15) is 6.61 Å². The van der Waals surface area contributed by atoms with E-state index in [0.717, 1.165) is 5.33 Å². The highest BCUT2D eigenvalue weighted by Gasteiger charge is 2.03. The fraction of sp³-hybridized carbons (Fsp3) is 0.750. The Kier molecular flexibility index (Phi) is 5.94. The first-order valence-corrected chi connectivity index (χ1v) is 4.60. The second kappa shape index (κ2) is 5.50. The quantitative estimate of drug-likeness (QED) is 0.586. The number of ether oxygens (including phenoxy) is 1. The van der Waals surface area contributed by atoms with Crippen LogP contribution in [0, 0.1) is 0 Å². The third-order valence-corrected chi connectivity index (χ3v) is 2.89. The third kappa shape index (κ3) is 6.61. The molecule has 0 aromatic rings. The highest BCUT2D eigenvalue weighted by molar-refractivity contribution is 9.12. The number of carbonyl (C=O) groups excluding carboxylic acids is 1. The number of carbonyl (C=O) groups is 1. The van der Waals surface area contributed by atoms with Gasteiger partial charge in [0.05, 0.1) is 4.83 Å². The Balaban J connectivity index is 3.16. The number of hydrogen-bond donors (Lipinski definition) is 0. The van der Waals surface area contributed by atoms with Gasteiger partial charge in [-0.2, -0.15) is 0 Å². The Morgan fingerprint density at radius 3 is 2.67 bits per heavy atom. The van der Waals surface area contributed by atoms with Crippen LogP contribution >= 0.6 is 43.5 Å². The van der Waals surface area contributed by atoms with Gasteiger partial charge in [0.2, 0.25) is 0 Å². The Morgan fingerprint density at radius 2 is 2.33 bits per heavy atom. The van der Waals surface area contributed by atoms with Crippen molar-refractivity contribution in [3.63, 3.8) is 0 Å². The van der Waals surface area contributed by atoms with E-state index in [9.17, 15) is 4.79 Å². The summed E-state index contributed by atoms with van der Waals surface area (Å²) >= 11 is 11.3. The van der Waals surface area contributed by atoms with Crippen molar-refractivity contribution in [2.45, 2.75) is 4.83 Å². The highest BCUT2D eigenvalue weighted by Crippen LogP contribution is 2.04. The van der Waals surface area contributed by atoms with Gasteiger partial charge < -0.3 is 4.74 Å². The fourth-order valence-corrected chi connectivity index (χ4v) is 0.583. The van der Waals surface area contributed by atoms with Crippen LogP contribution in [-0.2, 0) is 4.74 Å². The van der Waals surface area contributed by atoms with E-state index >= 15 is 0 Å². The molecule has 1 unspecified atom stereocenters. The molecule has 0 heterocycles. The summed E-state index contributed by atoms with van der Waals surface area (Å²) in [6.45, 7) is 0.299. The molecule has 0 amide bonds. The van der Waals surface area contributed by atoms with Crippen molar-refractivity contribution in [2.75, 3.05) is 11.9 Å². The molecule has 0 aliphatic heterocycles. The Labute approximate surface area is 75.1 Å². The van der Waals surface area contributed by atoms with E-state index in [0.29, 0.717) is 6.61 Å². The minimum Gasteiger partial charge on any atom is -0.452 e. The Bertz CT molecular complexity index is 98.6. The number of halogens is 3. The largest absolute Gasteiger partial charge is 0.452 e. The average molecular weight is 280 g/mol. The van der Waals surface area contributed by atoms with Gasteiger partial charge in [-0.1, -0.05) is 31.9 Å². The Morgan fingerprint density at radius 1 is 1.78 bits per heavy atom. The van der Waals surface area contributed by atoms with Crippen LogP contribution in [0.2, 0.25) is 0 Å². The zero-order valence-corrected chi connectivity index (χ0v) is 8.37. The first-order valence-electron chi connectivity index (χ1n) is 2.19. The molecule has 9 heavy (non-hydrogen) atoms. The van der Waals surface area contributed by atoms with E-state index in [2.05, 4.69) is 36.6 Å². The monoisotopic (exact) mass is 278 g/mol. The zero-order chi connectivity index (χ0) is 7.28. The van der Waals surface area contributed by atoms with Crippen LogP contribution in [0.15, 0.2) is 0 Å². The van der Waals surface area contributed by atoms with Crippen LogP contribution in [0.5, 0.6) is 0 Å². The van der Waals surface area contributed by atoms with Gasteiger partial charge in [-0.15, -0.1) is 0 Å². The van der Waals surface area contributed by atoms with E-state index in [-0.39, 0.29) is 4.83 Å². The van der Waals surface area contributed by atoms with Crippen molar-refractivity contribution in [3.8, 4) is 0 Å². The molecule has 0 radical (unpaired) electrons. The average Bonchev–Trinajstić information content (AvgIpc) is 1.83. The molecule has 0 aliphatic carbocycles. The van der Waals surface area contributed by atoms with Gasteiger partial charge in [0.15, 0.2) is 0 Å². The molecule has 0 saturated heterocycles. The zero-order valence-electron chi connectivity index (χ0n) is 4.44. The summed E-state index contributed by atoms with van der Waals surface area (Å²) in [5.41, 5.74) is -0.764. The molecular weight excluding hydrogens is 275 g/mol. The van der Waals surface area contributed by atoms with Gasteiger partial charge in [0, 0.05) is 16.9 Å². The smallest absolute Gasteiger partial charge is 0.403 e. The summed E-state index contributed by atoms with van der Waals surface area (Å²) in [5.74, 6) is 0. The molecule has 5 heteroatoms. The summed E-state index contributed by atoms with van der Waals surface area (Å²) in [6.07, 6.45) is 0. The lowest BCUT2D eigenvalue weighted by molar-refractivity contribution is 0.176. The lowest BCUT2D eigenvalue weighted by Gasteiger charge is -2.02. The maximum atomic E-state index is 9.97. The van der Waals surface area contributed by atoms with Crippen LogP contribution in [-0.4, -0.2) is 22.2 Å². The number of hydrogen-bond acceptors (Lipinski definition) is 2. The molecule has 0 spiro atoms. The molecule has 0 aromatic heterocycles. The predicted molar refractivity (Wildman–Crippen MR) is 43.7 cm³/mol. The standard InChI is InChI=1S/C4H5Br2ClO2/c5-1-3(6)2-9-4(7)8/h3H,1-2H2. The fourth-order valence-electron chi connectivity index (χ4n) is 0.200. The summed E-state index contributed by atoms with van der Waals surface area (Å²) in [6, 6.07) is 0. The predicted octanol–water partition coefficient (Wildman–Crippen LogP) is 2.52. The van der Waals surface area contributed by atoms with Gasteiger partial charge in [-0.3, -0.25) is 0 Å². The van der Waals surface area contributed by atoms with E-state index in [1.165, 1.54) is 0 Å². The Hall–Kier alpha value is 0.720. The lowest BCUT2D eigenvalue weighted by Crippen LogP contribution is -2.10. The molecule has 0 N–H and O–H groups in total. The third-order valence-electron chi connectivity index (χ3n) is 0.545. The van der Waals surface area contributed by atoms with Crippen LogP contribution < -0.4 is 0 Å². The molecule has 54 valence electrons. The number of rotatable bonds is 3. The van der Waals surface area contributed by atoms with Crippen LogP contribution in [0.25, 0.3) is 0 Å². The molecule has 1 atom stereocenters. The van der Waals surface area contributed by atoms with E-state index in [4.69, 9.17) is 11.6 Å². The molecular formula is C4H5Br2ClO2. The maximum absolute atomic E-state index is 9.97. The molecule has 0 bridgehead atoms. The SMILES string of the molecule is O=C(Cl)OCC(Br)CBr. The first-order chi connectivity index (χ1) is 4.16. The second-order valence-electron chi connectivity index (χ2n) is 1.30. The molecule has 0 saturated carbocycles. The lowest BCUT2D eigenvalue weighted by atomic mass is 10.5. The molecule has 2 nitrogen and oxygen atoms in total. The summed E-state index contributed by atoms with van der Waals surface area (Å²) in [5, 5.41) is 0.733. The van der Waals surface area contributed by atoms with Crippen LogP contribution in [0.1, 0.15) is 0 Å². The van der Waals surface area contributed by atoms with Crippen LogP contribution in [0.4, 0.5) is 4.79 Å². The normalized spacial score (nSPS) is 12.8. The molecule has 0 aromatic carbocycles. The summed E-state index contributed by atoms with van der Waals surface area (Å²) in [4.78, 5) is 10.1. The topological polar surface area (TPSA) is 26.3 Å². The molecule has 0 fully saturated rings. The summed E-state index contributed by atoms with van der Waals surface area (Å²) < 4.78 is 4.44. The van der Waals surface area contributed by atoms with Crippen molar-refractivity contribution < 1.29 is 9.53 Å². The van der Waals surface area contributed by atoms with E-state index in [1.807, 2.05) is 0 Å². The van der Waals surface area contributed by atoms with Crippen molar-refractivity contribution in [1.29, 1.82) is 0 Å². The van der Waals surface area contributed by atoms with Crippen molar-refractivity contribution in [3.05, 3.63) is 0 Å². The summed E-state index contributed by atoms with van der Waals surface area (Å²) in [7, 11) is 0. The number of alkyl halides is 2. The van der Waals surface area contributed by atoms with Crippen molar-refractivity contribution in [1.82, 2.24) is 0 Å². The van der Waals surface area contributed by atoms with Crippen molar-refractivity contribution >= 4 is 48.9 Å². The first kappa shape index (κ1) is 9.72.